The number of carboxylic acids is 1. The predicted octanol–water partition coefficient (Wildman–Crippen LogP) is 7.22. The monoisotopic (exact) mass is 588 g/mol. The lowest BCUT2D eigenvalue weighted by atomic mass is 10.1. The number of alkyl halides is 3. The van der Waals surface area contributed by atoms with Crippen LogP contribution in [0.1, 0.15) is 30.0 Å². The summed E-state index contributed by atoms with van der Waals surface area (Å²) in [4.78, 5) is 21.2. The van der Waals surface area contributed by atoms with Crippen molar-refractivity contribution in [3.05, 3.63) is 70.9 Å². The van der Waals surface area contributed by atoms with Gasteiger partial charge in [-0.05, 0) is 86.8 Å². The SMILES string of the molecule is COc1ccc(-c2nc(COc3cc(C)c(OC(C)(C)C(=O)O)cc3C)sc2-c2ccc(OC(F)(F)F)cc2)cn1. The van der Waals surface area contributed by atoms with Crippen LogP contribution in [-0.2, 0) is 11.4 Å². The van der Waals surface area contributed by atoms with Crippen molar-refractivity contribution in [2.75, 3.05) is 7.11 Å². The molecule has 12 heteroatoms. The van der Waals surface area contributed by atoms with Gasteiger partial charge in [-0.1, -0.05) is 0 Å². The van der Waals surface area contributed by atoms with Crippen LogP contribution in [-0.4, -0.2) is 40.1 Å². The van der Waals surface area contributed by atoms with E-state index in [9.17, 15) is 23.1 Å². The standard InChI is InChI=1S/C29H27F3N2O6S/c1-16-13-22(40-28(3,4)27(35)36)17(2)12-21(16)38-15-24-34-25(19-8-11-23(37-5)33-14-19)26(41-24)18-6-9-20(10-7-18)39-29(30,31)32/h6-14H,15H2,1-5H3,(H,35,36). The summed E-state index contributed by atoms with van der Waals surface area (Å²) in [5, 5.41) is 10.0. The van der Waals surface area contributed by atoms with Gasteiger partial charge < -0.3 is 24.1 Å². The minimum Gasteiger partial charge on any atom is -0.486 e. The van der Waals surface area contributed by atoms with E-state index in [0.717, 1.165) is 5.56 Å². The summed E-state index contributed by atoms with van der Waals surface area (Å²) in [7, 11) is 1.51. The smallest absolute Gasteiger partial charge is 0.486 e. The minimum absolute atomic E-state index is 0.109. The molecule has 0 fully saturated rings. The molecule has 41 heavy (non-hydrogen) atoms. The number of rotatable bonds is 10. The van der Waals surface area contributed by atoms with Crippen molar-refractivity contribution in [1.29, 1.82) is 0 Å². The van der Waals surface area contributed by atoms with Crippen LogP contribution in [0.15, 0.2) is 54.7 Å². The predicted molar refractivity (Wildman–Crippen MR) is 147 cm³/mol. The fraction of sp³-hybridized carbons (Fsp3) is 0.276. The summed E-state index contributed by atoms with van der Waals surface area (Å²) in [6, 6.07) is 12.5. The molecule has 1 N–H and O–H groups in total. The van der Waals surface area contributed by atoms with Gasteiger partial charge in [-0.15, -0.1) is 24.5 Å². The van der Waals surface area contributed by atoms with Gasteiger partial charge >= 0.3 is 12.3 Å². The molecule has 0 saturated carbocycles. The normalized spacial score (nSPS) is 11.7. The number of methoxy groups -OCH3 is 1. The summed E-state index contributed by atoms with van der Waals surface area (Å²) >= 11 is 1.33. The van der Waals surface area contributed by atoms with Gasteiger partial charge in [0.1, 0.15) is 28.9 Å². The number of nitrogens with zero attached hydrogens (tertiary/aromatic N) is 2. The van der Waals surface area contributed by atoms with E-state index in [1.165, 1.54) is 56.6 Å². The highest BCUT2D eigenvalue weighted by atomic mass is 32.1. The van der Waals surface area contributed by atoms with Crippen molar-refractivity contribution < 1.29 is 42.0 Å². The van der Waals surface area contributed by atoms with Crippen molar-refractivity contribution in [3.8, 4) is 44.8 Å². The fourth-order valence-electron chi connectivity index (χ4n) is 3.75. The molecule has 8 nitrogen and oxygen atoms in total. The number of aryl methyl sites for hydroxylation is 2. The molecule has 0 saturated heterocycles. The summed E-state index contributed by atoms with van der Waals surface area (Å²) in [6.07, 6.45) is -3.18. The molecule has 2 aromatic heterocycles. The lowest BCUT2D eigenvalue weighted by Crippen LogP contribution is -2.38. The maximum atomic E-state index is 12.6. The van der Waals surface area contributed by atoms with E-state index in [-0.39, 0.29) is 12.4 Å². The lowest BCUT2D eigenvalue weighted by Gasteiger charge is -2.23. The Kier molecular flexibility index (Phi) is 8.43. The van der Waals surface area contributed by atoms with Crippen molar-refractivity contribution in [3.63, 3.8) is 0 Å². The summed E-state index contributed by atoms with van der Waals surface area (Å²) in [5.74, 6) is 0.0201. The number of carbonyl (C=O) groups is 1. The number of thiazole rings is 1. The van der Waals surface area contributed by atoms with Crippen LogP contribution in [0, 0.1) is 13.8 Å². The Bertz CT molecular complexity index is 1530. The first-order chi connectivity index (χ1) is 19.3. The number of ether oxygens (including phenoxy) is 4. The minimum atomic E-state index is -4.79. The van der Waals surface area contributed by atoms with Gasteiger partial charge in [0.05, 0.1) is 17.7 Å². The molecule has 0 atom stereocenters. The second-order valence-electron chi connectivity index (χ2n) is 9.54. The highest BCUT2D eigenvalue weighted by Gasteiger charge is 2.31. The molecule has 0 radical (unpaired) electrons. The maximum absolute atomic E-state index is 12.6. The number of hydrogen-bond donors (Lipinski definition) is 1. The Morgan fingerprint density at radius 1 is 0.951 bits per heavy atom. The molecule has 0 aliphatic carbocycles. The summed E-state index contributed by atoms with van der Waals surface area (Å²) < 4.78 is 58.8. The molecule has 0 spiro atoms. The van der Waals surface area contributed by atoms with E-state index in [4.69, 9.17) is 19.2 Å². The van der Waals surface area contributed by atoms with Gasteiger partial charge in [-0.2, -0.15) is 0 Å². The van der Waals surface area contributed by atoms with Gasteiger partial charge in [-0.25, -0.2) is 14.8 Å². The van der Waals surface area contributed by atoms with Crippen molar-refractivity contribution in [2.24, 2.45) is 0 Å². The third-order valence-electron chi connectivity index (χ3n) is 5.94. The number of benzene rings is 2. The quantitative estimate of drug-likeness (QED) is 0.207. The van der Waals surface area contributed by atoms with Crippen LogP contribution >= 0.6 is 11.3 Å². The molecule has 0 bridgehead atoms. The second-order valence-corrected chi connectivity index (χ2v) is 10.6. The van der Waals surface area contributed by atoms with Crippen LogP contribution in [0.2, 0.25) is 0 Å². The van der Waals surface area contributed by atoms with E-state index in [1.807, 2.05) is 6.92 Å². The first-order valence-corrected chi connectivity index (χ1v) is 13.1. The van der Waals surface area contributed by atoms with E-state index < -0.39 is 17.9 Å². The van der Waals surface area contributed by atoms with Crippen LogP contribution in [0.4, 0.5) is 13.2 Å². The molecular formula is C29H27F3N2O6S. The van der Waals surface area contributed by atoms with Crippen molar-refractivity contribution in [1.82, 2.24) is 9.97 Å². The summed E-state index contributed by atoms with van der Waals surface area (Å²) in [6.45, 7) is 6.67. The molecule has 4 aromatic rings. The van der Waals surface area contributed by atoms with Crippen LogP contribution in [0.25, 0.3) is 21.7 Å². The zero-order valence-corrected chi connectivity index (χ0v) is 23.6. The third kappa shape index (κ3) is 7.26. The molecule has 4 rings (SSSR count). The van der Waals surface area contributed by atoms with Crippen LogP contribution in [0.3, 0.4) is 0 Å². The van der Waals surface area contributed by atoms with E-state index in [2.05, 4.69) is 9.72 Å². The van der Waals surface area contributed by atoms with E-state index in [1.54, 1.807) is 37.4 Å². The number of aromatic nitrogens is 2. The second kappa shape index (κ2) is 11.7. The number of aliphatic carboxylic acids is 1. The number of pyridine rings is 1. The number of carboxylic acid groups (broad SMARTS) is 1. The molecule has 0 amide bonds. The van der Waals surface area contributed by atoms with Gasteiger partial charge in [-0.3, -0.25) is 0 Å². The molecule has 0 aliphatic heterocycles. The topological polar surface area (TPSA) is 100 Å². The third-order valence-corrected chi connectivity index (χ3v) is 7.02. The van der Waals surface area contributed by atoms with Crippen LogP contribution < -0.4 is 18.9 Å². The van der Waals surface area contributed by atoms with E-state index >= 15 is 0 Å². The highest BCUT2D eigenvalue weighted by Crippen LogP contribution is 2.39. The Balaban J connectivity index is 1.62. The molecule has 0 aliphatic rings. The number of halogens is 3. The van der Waals surface area contributed by atoms with Crippen molar-refractivity contribution >= 4 is 17.3 Å². The van der Waals surface area contributed by atoms with Crippen molar-refractivity contribution in [2.45, 2.75) is 46.3 Å². The first-order valence-electron chi connectivity index (χ1n) is 12.3. The fourth-order valence-corrected chi connectivity index (χ4v) is 4.76. The largest absolute Gasteiger partial charge is 0.573 e. The van der Waals surface area contributed by atoms with Crippen LogP contribution in [0.5, 0.6) is 23.1 Å². The zero-order valence-electron chi connectivity index (χ0n) is 22.8. The van der Waals surface area contributed by atoms with Gasteiger partial charge in [0.15, 0.2) is 5.60 Å². The molecule has 2 heterocycles. The van der Waals surface area contributed by atoms with Gasteiger partial charge in [0, 0.05) is 17.8 Å². The molecular weight excluding hydrogens is 561 g/mol. The maximum Gasteiger partial charge on any atom is 0.573 e. The first kappa shape index (κ1) is 29.7. The molecule has 2 aromatic carbocycles. The zero-order chi connectivity index (χ0) is 29.9. The summed E-state index contributed by atoms with van der Waals surface area (Å²) in [5.41, 5.74) is 1.95. The van der Waals surface area contributed by atoms with E-state index in [0.29, 0.717) is 49.6 Å². The number of hydrogen-bond acceptors (Lipinski definition) is 8. The molecule has 0 unspecified atom stereocenters. The Morgan fingerprint density at radius 2 is 1.59 bits per heavy atom. The molecule has 216 valence electrons. The Labute approximate surface area is 238 Å². The lowest BCUT2D eigenvalue weighted by molar-refractivity contribution is -0.274. The average molecular weight is 589 g/mol. The Morgan fingerprint density at radius 3 is 2.17 bits per heavy atom. The van der Waals surface area contributed by atoms with Gasteiger partial charge in [0.25, 0.3) is 0 Å². The highest BCUT2D eigenvalue weighted by molar-refractivity contribution is 7.15. The Hall–Kier alpha value is -4.32. The average Bonchev–Trinajstić information content (AvgIpc) is 3.33. The van der Waals surface area contributed by atoms with Gasteiger partial charge in [0.2, 0.25) is 5.88 Å².